The average Bonchev–Trinajstić information content (AvgIpc) is 3.36. The maximum atomic E-state index is 2.46. The normalized spacial score (nSPS) is 12.7. The van der Waals surface area contributed by atoms with Gasteiger partial charge in [0.1, 0.15) is 0 Å². The van der Waals surface area contributed by atoms with E-state index >= 15 is 0 Å². The van der Waals surface area contributed by atoms with Crippen LogP contribution in [0.4, 0.5) is 0 Å². The van der Waals surface area contributed by atoms with Crippen LogP contribution >= 0.6 is 0 Å². The smallest absolute Gasteiger partial charge is 0.0488 e. The molecule has 0 heterocycles. The van der Waals surface area contributed by atoms with E-state index < -0.39 is 0 Å². The molecule has 5 aromatic rings. The third-order valence-corrected chi connectivity index (χ3v) is 7.34. The van der Waals surface area contributed by atoms with Crippen molar-refractivity contribution in [2.45, 2.75) is 18.3 Å². The van der Waals surface area contributed by atoms with Gasteiger partial charge in [-0.05, 0) is 51.8 Å². The fourth-order valence-corrected chi connectivity index (χ4v) is 5.74. The molecule has 0 fully saturated rings. The number of benzene rings is 5. The Hall–Kier alpha value is -4.16. The van der Waals surface area contributed by atoms with Gasteiger partial charge in [-0.3, -0.25) is 0 Å². The molecule has 0 N–H and O–H groups in total. The molecule has 0 saturated carbocycles. The van der Waals surface area contributed by atoms with Gasteiger partial charge >= 0.3 is 0 Å². The van der Waals surface area contributed by atoms with Gasteiger partial charge in [-0.25, -0.2) is 0 Å². The molecule has 0 spiro atoms. The molecule has 5 aromatic carbocycles. The van der Waals surface area contributed by atoms with Crippen LogP contribution in [0, 0.1) is 0 Å². The van der Waals surface area contributed by atoms with Gasteiger partial charge in [0.15, 0.2) is 0 Å². The summed E-state index contributed by atoms with van der Waals surface area (Å²) in [5, 5.41) is 0. The van der Waals surface area contributed by atoms with Gasteiger partial charge < -0.3 is 0 Å². The van der Waals surface area contributed by atoms with E-state index in [1.165, 1.54) is 44.5 Å². The molecule has 0 saturated heterocycles. The summed E-state index contributed by atoms with van der Waals surface area (Å²) in [6, 6.07) is 50.6. The first-order chi connectivity index (χ1) is 17.3. The molecule has 0 radical (unpaired) electrons. The highest BCUT2D eigenvalue weighted by atomic mass is 14.4. The first-order valence-corrected chi connectivity index (χ1v) is 12.4. The van der Waals surface area contributed by atoms with E-state index in [-0.39, 0.29) is 5.41 Å². The zero-order valence-electron chi connectivity index (χ0n) is 19.8. The summed E-state index contributed by atoms with van der Waals surface area (Å²) in [5.74, 6) is 0. The molecule has 0 bridgehead atoms. The summed E-state index contributed by atoms with van der Waals surface area (Å²) >= 11 is 0. The monoisotopic (exact) mass is 448 g/mol. The zero-order valence-corrected chi connectivity index (χ0v) is 19.8. The van der Waals surface area contributed by atoms with Gasteiger partial charge in [0.05, 0.1) is 0 Å². The summed E-state index contributed by atoms with van der Waals surface area (Å²) in [5.41, 5.74) is 10.6. The van der Waals surface area contributed by atoms with Crippen molar-refractivity contribution in [3.05, 3.63) is 173 Å². The van der Waals surface area contributed by atoms with Crippen molar-refractivity contribution in [3.63, 3.8) is 0 Å². The van der Waals surface area contributed by atoms with E-state index in [4.69, 9.17) is 0 Å². The van der Waals surface area contributed by atoms with Crippen LogP contribution in [0.2, 0.25) is 0 Å². The second-order valence-electron chi connectivity index (χ2n) is 9.40. The predicted octanol–water partition coefficient (Wildman–Crippen LogP) is 8.72. The van der Waals surface area contributed by atoms with Crippen molar-refractivity contribution in [1.29, 1.82) is 0 Å². The minimum absolute atomic E-state index is 0.259. The highest BCUT2D eigenvalue weighted by Gasteiger charge is 2.37. The lowest BCUT2D eigenvalue weighted by molar-refractivity contribution is 0.605. The van der Waals surface area contributed by atoms with Gasteiger partial charge in [0, 0.05) is 5.41 Å². The lowest BCUT2D eigenvalue weighted by Crippen LogP contribution is -2.30. The molecule has 0 atom stereocenters. The molecule has 168 valence electrons. The topological polar surface area (TPSA) is 0 Å². The first kappa shape index (κ1) is 21.4. The Morgan fingerprint density at radius 1 is 0.486 bits per heavy atom. The van der Waals surface area contributed by atoms with Crippen LogP contribution in [0.3, 0.4) is 0 Å². The molecular formula is C35H28. The Kier molecular flexibility index (Phi) is 5.64. The molecule has 0 aromatic heterocycles. The summed E-state index contributed by atoms with van der Waals surface area (Å²) in [4.78, 5) is 0. The molecular weight excluding hydrogens is 420 g/mol. The lowest BCUT2D eigenvalue weighted by Gasteiger charge is -2.37. The Bertz CT molecular complexity index is 1350. The van der Waals surface area contributed by atoms with E-state index in [9.17, 15) is 0 Å². The maximum Gasteiger partial charge on any atom is 0.0488 e. The van der Waals surface area contributed by atoms with Crippen molar-refractivity contribution in [1.82, 2.24) is 0 Å². The molecule has 6 rings (SSSR count). The fourth-order valence-electron chi connectivity index (χ4n) is 5.74. The van der Waals surface area contributed by atoms with E-state index in [0.29, 0.717) is 0 Å². The summed E-state index contributed by atoms with van der Waals surface area (Å²) in [7, 11) is 0. The number of fused-ring (bicyclic) bond motifs is 1. The summed E-state index contributed by atoms with van der Waals surface area (Å²) < 4.78 is 0. The number of rotatable bonds is 6. The maximum absolute atomic E-state index is 2.46. The van der Waals surface area contributed by atoms with E-state index in [2.05, 4.69) is 146 Å². The summed E-state index contributed by atoms with van der Waals surface area (Å²) in [6.45, 7) is 0. The Morgan fingerprint density at radius 3 is 1.49 bits per heavy atom. The third-order valence-electron chi connectivity index (χ3n) is 7.34. The van der Waals surface area contributed by atoms with E-state index in [1.807, 2.05) is 0 Å². The molecule has 0 heteroatoms. The van der Waals surface area contributed by atoms with Crippen LogP contribution in [0.5, 0.6) is 0 Å². The fraction of sp³-hybridized carbons (Fsp3) is 0.0857. The van der Waals surface area contributed by atoms with Crippen molar-refractivity contribution in [2.24, 2.45) is 0 Å². The van der Waals surface area contributed by atoms with Crippen molar-refractivity contribution in [2.75, 3.05) is 0 Å². The van der Waals surface area contributed by atoms with Gasteiger partial charge in [-0.2, -0.15) is 0 Å². The molecule has 1 aliphatic rings. The minimum Gasteiger partial charge on any atom is -0.0636 e. The quantitative estimate of drug-likeness (QED) is 0.228. The first-order valence-electron chi connectivity index (χ1n) is 12.4. The van der Waals surface area contributed by atoms with Crippen LogP contribution in [0.15, 0.2) is 145 Å². The van der Waals surface area contributed by atoms with Crippen LogP contribution in [0.1, 0.15) is 34.2 Å². The SMILES string of the molecule is C1=C(CC(c2ccccc2)(c2ccccc2)c2ccccc2)Cc2cccc(-c3ccccc3)c21. The third kappa shape index (κ3) is 3.92. The second kappa shape index (κ2) is 9.24. The molecule has 0 unspecified atom stereocenters. The van der Waals surface area contributed by atoms with Crippen molar-refractivity contribution in [3.8, 4) is 11.1 Å². The summed E-state index contributed by atoms with van der Waals surface area (Å²) in [6.07, 6.45) is 4.39. The Balaban J connectivity index is 1.52. The highest BCUT2D eigenvalue weighted by molar-refractivity contribution is 5.81. The number of hydrogen-bond acceptors (Lipinski definition) is 0. The van der Waals surface area contributed by atoms with Gasteiger partial charge in [-0.1, -0.05) is 151 Å². The molecule has 0 nitrogen and oxygen atoms in total. The van der Waals surface area contributed by atoms with Crippen LogP contribution in [-0.4, -0.2) is 0 Å². The van der Waals surface area contributed by atoms with E-state index in [0.717, 1.165) is 12.8 Å². The van der Waals surface area contributed by atoms with Gasteiger partial charge in [0.25, 0.3) is 0 Å². The van der Waals surface area contributed by atoms with Gasteiger partial charge in [-0.15, -0.1) is 0 Å². The van der Waals surface area contributed by atoms with Crippen molar-refractivity contribution < 1.29 is 0 Å². The molecule has 0 aliphatic heterocycles. The highest BCUT2D eigenvalue weighted by Crippen LogP contribution is 2.47. The largest absolute Gasteiger partial charge is 0.0636 e. The van der Waals surface area contributed by atoms with Crippen LogP contribution in [0.25, 0.3) is 17.2 Å². The second-order valence-corrected chi connectivity index (χ2v) is 9.40. The van der Waals surface area contributed by atoms with Crippen LogP contribution < -0.4 is 0 Å². The molecule has 35 heavy (non-hydrogen) atoms. The van der Waals surface area contributed by atoms with Gasteiger partial charge in [0.2, 0.25) is 0 Å². The minimum atomic E-state index is -0.259. The lowest BCUT2D eigenvalue weighted by atomic mass is 9.66. The number of allylic oxidation sites excluding steroid dienone is 1. The van der Waals surface area contributed by atoms with E-state index in [1.54, 1.807) is 0 Å². The zero-order chi connectivity index (χ0) is 23.5. The Labute approximate surface area is 208 Å². The predicted molar refractivity (Wildman–Crippen MR) is 147 cm³/mol. The Morgan fingerprint density at radius 2 is 0.971 bits per heavy atom. The van der Waals surface area contributed by atoms with Crippen molar-refractivity contribution >= 4 is 6.08 Å². The standard InChI is InChI=1S/C35H28/c1-5-14-28(15-6-1)33-23-13-16-29-24-27(25-34(29)33)26-35(30-17-7-2-8-18-30,31-19-9-3-10-20-31)32-21-11-4-12-22-32/h1-23,25H,24,26H2. The molecule has 1 aliphatic carbocycles. The average molecular weight is 449 g/mol. The molecule has 0 amide bonds. The van der Waals surface area contributed by atoms with Crippen LogP contribution in [-0.2, 0) is 11.8 Å². The number of hydrogen-bond donors (Lipinski definition) is 0.